The fraction of sp³-hybridized carbons (Fsp3) is 0.444. The number of aromatic amines is 1. The normalized spacial score (nSPS) is 24.8. The Balaban J connectivity index is 1.19. The summed E-state index contributed by atoms with van der Waals surface area (Å²) in [6, 6.07) is 8.35. The molecule has 132 valence electrons. The van der Waals surface area contributed by atoms with Gasteiger partial charge in [0.25, 0.3) is 0 Å². The summed E-state index contributed by atoms with van der Waals surface area (Å²) in [7, 11) is 0. The predicted octanol–water partition coefficient (Wildman–Crippen LogP) is 2.83. The molecule has 0 spiro atoms. The first-order valence-electron chi connectivity index (χ1n) is 8.75. The minimum absolute atomic E-state index is 0.0425. The summed E-state index contributed by atoms with van der Waals surface area (Å²) >= 11 is 1.92. The largest absolute Gasteiger partial charge is 0.361 e. The molecule has 1 aromatic heterocycles. The van der Waals surface area contributed by atoms with Crippen LogP contribution in [0.3, 0.4) is 0 Å². The fourth-order valence-corrected chi connectivity index (χ4v) is 5.17. The van der Waals surface area contributed by atoms with Crippen LogP contribution in [0.5, 0.6) is 0 Å². The van der Waals surface area contributed by atoms with Gasteiger partial charge in [-0.15, -0.1) is 0 Å². The molecular weight excluding hydrogens is 336 g/mol. The van der Waals surface area contributed by atoms with Gasteiger partial charge in [-0.25, -0.2) is 4.79 Å². The van der Waals surface area contributed by atoms with Crippen molar-refractivity contribution >= 4 is 40.3 Å². The van der Waals surface area contributed by atoms with E-state index >= 15 is 0 Å². The maximum atomic E-state index is 12.1. The van der Waals surface area contributed by atoms with E-state index in [2.05, 4.69) is 20.9 Å². The van der Waals surface area contributed by atoms with Gasteiger partial charge in [-0.2, -0.15) is 11.8 Å². The number of urea groups is 1. The van der Waals surface area contributed by atoms with Crippen LogP contribution in [0.1, 0.15) is 25.7 Å². The van der Waals surface area contributed by atoms with E-state index in [1.54, 1.807) is 0 Å². The Kier molecular flexibility index (Phi) is 4.57. The van der Waals surface area contributed by atoms with Crippen LogP contribution in [0, 0.1) is 0 Å². The lowest BCUT2D eigenvalue weighted by Crippen LogP contribution is -2.36. The van der Waals surface area contributed by atoms with Crippen molar-refractivity contribution in [2.24, 2.45) is 0 Å². The lowest BCUT2D eigenvalue weighted by Gasteiger charge is -2.16. The van der Waals surface area contributed by atoms with Crippen LogP contribution in [0.4, 0.5) is 10.5 Å². The Morgan fingerprint density at radius 1 is 1.24 bits per heavy atom. The molecule has 0 radical (unpaired) electrons. The highest BCUT2D eigenvalue weighted by atomic mass is 32.2. The Bertz CT molecular complexity index is 790. The first-order chi connectivity index (χ1) is 12.2. The number of unbranched alkanes of at least 4 members (excludes halogenated alkanes) is 1. The van der Waals surface area contributed by atoms with E-state index in [9.17, 15) is 9.59 Å². The third kappa shape index (κ3) is 3.61. The summed E-state index contributed by atoms with van der Waals surface area (Å²) < 4.78 is 0. The Labute approximate surface area is 150 Å². The van der Waals surface area contributed by atoms with Crippen LogP contribution in [-0.4, -0.2) is 40.0 Å². The van der Waals surface area contributed by atoms with Crippen molar-refractivity contribution in [3.8, 4) is 0 Å². The van der Waals surface area contributed by atoms with E-state index in [0.717, 1.165) is 41.6 Å². The molecule has 4 N–H and O–H groups in total. The molecule has 0 bridgehead atoms. The lowest BCUT2D eigenvalue weighted by atomic mass is 10.0. The molecule has 1 aromatic carbocycles. The fourth-order valence-electron chi connectivity index (χ4n) is 3.63. The minimum Gasteiger partial charge on any atom is -0.361 e. The van der Waals surface area contributed by atoms with E-state index < -0.39 is 0 Å². The van der Waals surface area contributed by atoms with Crippen LogP contribution in [0.15, 0.2) is 30.5 Å². The topological polar surface area (TPSA) is 86.0 Å². The number of rotatable bonds is 6. The number of anilines is 1. The van der Waals surface area contributed by atoms with Gasteiger partial charge in [0.15, 0.2) is 0 Å². The van der Waals surface area contributed by atoms with Crippen LogP contribution in [0.2, 0.25) is 0 Å². The summed E-state index contributed by atoms with van der Waals surface area (Å²) in [5.74, 6) is 1.04. The van der Waals surface area contributed by atoms with E-state index in [4.69, 9.17) is 0 Å². The third-order valence-corrected chi connectivity index (χ3v) is 6.43. The summed E-state index contributed by atoms with van der Waals surface area (Å²) in [6.07, 6.45) is 5.33. The van der Waals surface area contributed by atoms with E-state index in [-0.39, 0.29) is 24.0 Å². The van der Waals surface area contributed by atoms with Gasteiger partial charge in [0.05, 0.1) is 12.1 Å². The van der Waals surface area contributed by atoms with Gasteiger partial charge in [0.1, 0.15) is 0 Å². The average molecular weight is 358 g/mol. The molecule has 6 nitrogen and oxygen atoms in total. The van der Waals surface area contributed by atoms with Crippen LogP contribution in [-0.2, 0) is 4.79 Å². The number of aromatic nitrogens is 1. The average Bonchev–Trinajstić information content (AvgIpc) is 3.27. The lowest BCUT2D eigenvalue weighted by molar-refractivity contribution is -0.116. The number of hydrogen-bond donors (Lipinski definition) is 4. The van der Waals surface area contributed by atoms with Gasteiger partial charge in [-0.1, -0.05) is 6.42 Å². The zero-order chi connectivity index (χ0) is 17.2. The molecule has 2 aliphatic rings. The molecule has 0 unspecified atom stereocenters. The molecular formula is C18H22N4O2S. The molecule has 2 saturated heterocycles. The van der Waals surface area contributed by atoms with Crippen molar-refractivity contribution in [2.75, 3.05) is 11.1 Å². The second kappa shape index (κ2) is 7.00. The highest BCUT2D eigenvalue weighted by Gasteiger charge is 2.42. The van der Waals surface area contributed by atoms with E-state index in [1.807, 2.05) is 42.2 Å². The molecule has 4 rings (SSSR count). The van der Waals surface area contributed by atoms with Crippen molar-refractivity contribution in [1.82, 2.24) is 15.6 Å². The maximum absolute atomic E-state index is 12.1. The maximum Gasteiger partial charge on any atom is 0.315 e. The quantitative estimate of drug-likeness (QED) is 0.473. The van der Waals surface area contributed by atoms with Crippen molar-refractivity contribution in [3.63, 3.8) is 0 Å². The molecule has 3 amide bonds. The van der Waals surface area contributed by atoms with Gasteiger partial charge < -0.3 is 20.9 Å². The van der Waals surface area contributed by atoms with Gasteiger partial charge in [-0.05, 0) is 37.1 Å². The standard InChI is InChI=1S/C18H22N4O2S/c23-16(20-12-5-6-13-11(9-12)7-8-19-13)4-2-1-3-15-17-14(10-25-15)21-18(24)22-17/h5-9,14-15,17,19H,1-4,10H2,(H,20,23)(H2,21,22,24)/t14-,15+,17+/m1/s1. The second-order valence-corrected chi connectivity index (χ2v) is 7.97. The molecule has 7 heteroatoms. The first-order valence-corrected chi connectivity index (χ1v) is 9.79. The highest BCUT2D eigenvalue weighted by molar-refractivity contribution is 8.00. The molecule has 25 heavy (non-hydrogen) atoms. The minimum atomic E-state index is -0.0425. The van der Waals surface area contributed by atoms with Gasteiger partial charge in [-0.3, -0.25) is 4.79 Å². The summed E-state index contributed by atoms with van der Waals surface area (Å²) in [5.41, 5.74) is 1.91. The van der Waals surface area contributed by atoms with Crippen molar-refractivity contribution in [1.29, 1.82) is 0 Å². The van der Waals surface area contributed by atoms with Crippen LogP contribution >= 0.6 is 11.8 Å². The number of carbonyl (C=O) groups excluding carboxylic acids is 2. The van der Waals surface area contributed by atoms with Crippen LogP contribution in [0.25, 0.3) is 10.9 Å². The summed E-state index contributed by atoms with van der Waals surface area (Å²) in [4.78, 5) is 26.6. The summed E-state index contributed by atoms with van der Waals surface area (Å²) in [5, 5.41) is 10.5. The number of hydrogen-bond acceptors (Lipinski definition) is 3. The number of fused-ring (bicyclic) bond motifs is 2. The number of benzene rings is 1. The second-order valence-electron chi connectivity index (χ2n) is 6.70. The Morgan fingerprint density at radius 3 is 3.08 bits per heavy atom. The van der Waals surface area contributed by atoms with Crippen molar-refractivity contribution < 1.29 is 9.59 Å². The zero-order valence-corrected chi connectivity index (χ0v) is 14.7. The monoisotopic (exact) mass is 358 g/mol. The van der Waals surface area contributed by atoms with E-state index in [1.165, 1.54) is 0 Å². The summed E-state index contributed by atoms with van der Waals surface area (Å²) in [6.45, 7) is 0. The first kappa shape index (κ1) is 16.3. The zero-order valence-electron chi connectivity index (χ0n) is 13.9. The molecule has 3 atom stereocenters. The van der Waals surface area contributed by atoms with Crippen molar-refractivity contribution in [3.05, 3.63) is 30.5 Å². The van der Waals surface area contributed by atoms with Crippen LogP contribution < -0.4 is 16.0 Å². The van der Waals surface area contributed by atoms with Gasteiger partial charge in [0, 0.05) is 40.2 Å². The SMILES string of the molecule is O=C(CCCC[C@@H]1SC[C@H]2NC(=O)N[C@H]12)Nc1ccc2[nH]ccc2c1. The number of thioether (sulfide) groups is 1. The molecule has 0 saturated carbocycles. The Morgan fingerprint density at radius 2 is 2.16 bits per heavy atom. The van der Waals surface area contributed by atoms with Gasteiger partial charge >= 0.3 is 6.03 Å². The number of carbonyl (C=O) groups is 2. The molecule has 3 heterocycles. The van der Waals surface area contributed by atoms with E-state index in [0.29, 0.717) is 11.7 Å². The van der Waals surface area contributed by atoms with Gasteiger partial charge in [0.2, 0.25) is 5.91 Å². The molecule has 2 fully saturated rings. The Hall–Kier alpha value is -2.15. The molecule has 2 aliphatic heterocycles. The predicted molar refractivity (Wildman–Crippen MR) is 101 cm³/mol. The smallest absolute Gasteiger partial charge is 0.315 e. The van der Waals surface area contributed by atoms with Crippen molar-refractivity contribution in [2.45, 2.75) is 43.0 Å². The number of amides is 3. The third-order valence-electron chi connectivity index (χ3n) is 4.92. The molecule has 0 aliphatic carbocycles. The number of nitrogens with one attached hydrogen (secondary N) is 4. The molecule has 2 aromatic rings. The highest BCUT2D eigenvalue weighted by Crippen LogP contribution is 2.33. The number of H-pyrrole nitrogens is 1.